The van der Waals surface area contributed by atoms with Crippen LogP contribution < -0.4 is 10.1 Å². The minimum atomic E-state index is -0.401. The smallest absolute Gasteiger partial charge is 0.269 e. The molecular weight excluding hydrogens is 359 g/mol. The Morgan fingerprint density at radius 3 is 2.46 bits per heavy atom. The SMILES string of the molecule is COc1ccc(C(NCCc2cccc(F)c2)c2cccc([N+](=O)[O-])c2)cc1. The van der Waals surface area contributed by atoms with Gasteiger partial charge in [0.15, 0.2) is 0 Å². The minimum Gasteiger partial charge on any atom is -0.497 e. The van der Waals surface area contributed by atoms with Crippen LogP contribution in [-0.2, 0) is 6.42 Å². The van der Waals surface area contributed by atoms with Crippen LogP contribution in [0.15, 0.2) is 72.8 Å². The Morgan fingerprint density at radius 2 is 1.79 bits per heavy atom. The second kappa shape index (κ2) is 9.10. The van der Waals surface area contributed by atoms with Crippen molar-refractivity contribution < 1.29 is 14.1 Å². The molecule has 0 heterocycles. The Bertz CT molecular complexity index is 945. The average Bonchev–Trinajstić information content (AvgIpc) is 2.71. The fourth-order valence-electron chi connectivity index (χ4n) is 3.10. The molecule has 0 amide bonds. The molecule has 28 heavy (non-hydrogen) atoms. The lowest BCUT2D eigenvalue weighted by molar-refractivity contribution is -0.384. The molecule has 144 valence electrons. The van der Waals surface area contributed by atoms with Crippen LogP contribution >= 0.6 is 0 Å². The Balaban J connectivity index is 1.83. The van der Waals surface area contributed by atoms with Gasteiger partial charge in [-0.15, -0.1) is 0 Å². The molecule has 0 radical (unpaired) electrons. The second-order valence-electron chi connectivity index (χ2n) is 6.39. The van der Waals surface area contributed by atoms with E-state index in [1.807, 2.05) is 36.4 Å². The zero-order chi connectivity index (χ0) is 19.9. The largest absolute Gasteiger partial charge is 0.497 e. The maximum Gasteiger partial charge on any atom is 0.269 e. The number of nitro groups is 1. The Labute approximate surface area is 162 Å². The molecule has 6 heteroatoms. The number of benzene rings is 3. The molecule has 1 N–H and O–H groups in total. The summed E-state index contributed by atoms with van der Waals surface area (Å²) in [6.07, 6.45) is 0.638. The van der Waals surface area contributed by atoms with Crippen molar-refractivity contribution in [2.75, 3.05) is 13.7 Å². The molecule has 3 aromatic rings. The average molecular weight is 380 g/mol. The predicted molar refractivity (Wildman–Crippen MR) is 106 cm³/mol. The summed E-state index contributed by atoms with van der Waals surface area (Å²) in [5.74, 6) is 0.476. The summed E-state index contributed by atoms with van der Waals surface area (Å²) in [6.45, 7) is 0.586. The lowest BCUT2D eigenvalue weighted by Gasteiger charge is -2.20. The third-order valence-corrected chi connectivity index (χ3v) is 4.51. The quantitative estimate of drug-likeness (QED) is 0.456. The molecule has 0 bridgehead atoms. The highest BCUT2D eigenvalue weighted by molar-refractivity contribution is 5.41. The summed E-state index contributed by atoms with van der Waals surface area (Å²) in [4.78, 5) is 10.8. The van der Waals surface area contributed by atoms with E-state index in [0.717, 1.165) is 22.4 Å². The van der Waals surface area contributed by atoms with Gasteiger partial charge in [0, 0.05) is 18.7 Å². The number of rotatable bonds is 8. The maximum atomic E-state index is 13.4. The van der Waals surface area contributed by atoms with Crippen molar-refractivity contribution >= 4 is 5.69 Å². The molecule has 0 aliphatic carbocycles. The van der Waals surface area contributed by atoms with Crippen LogP contribution in [-0.4, -0.2) is 18.6 Å². The second-order valence-corrected chi connectivity index (χ2v) is 6.39. The zero-order valence-corrected chi connectivity index (χ0v) is 15.5. The van der Waals surface area contributed by atoms with Crippen molar-refractivity contribution in [3.63, 3.8) is 0 Å². The molecular formula is C22H21FN2O3. The first kappa shape index (κ1) is 19.5. The van der Waals surface area contributed by atoms with Gasteiger partial charge >= 0.3 is 0 Å². The fourth-order valence-corrected chi connectivity index (χ4v) is 3.10. The zero-order valence-electron chi connectivity index (χ0n) is 15.5. The Kier molecular flexibility index (Phi) is 6.34. The van der Waals surface area contributed by atoms with Crippen LogP contribution in [0.25, 0.3) is 0 Å². The van der Waals surface area contributed by atoms with Crippen LogP contribution in [0.4, 0.5) is 10.1 Å². The topological polar surface area (TPSA) is 64.4 Å². The number of nitrogens with zero attached hydrogens (tertiary/aromatic N) is 1. The summed E-state index contributed by atoms with van der Waals surface area (Å²) in [7, 11) is 1.60. The Hall–Kier alpha value is -3.25. The number of methoxy groups -OCH3 is 1. The monoisotopic (exact) mass is 380 g/mol. The van der Waals surface area contributed by atoms with Crippen molar-refractivity contribution in [3.05, 3.63) is 105 Å². The number of non-ortho nitro benzene ring substituents is 1. The summed E-state index contributed by atoms with van der Waals surface area (Å²) in [5.41, 5.74) is 2.68. The molecule has 1 unspecified atom stereocenters. The van der Waals surface area contributed by atoms with Gasteiger partial charge in [0.2, 0.25) is 0 Å². The number of nitrogens with one attached hydrogen (secondary N) is 1. The first-order chi connectivity index (χ1) is 13.6. The van der Waals surface area contributed by atoms with E-state index in [9.17, 15) is 14.5 Å². The number of halogens is 1. The van der Waals surface area contributed by atoms with Crippen molar-refractivity contribution in [2.45, 2.75) is 12.5 Å². The highest BCUT2D eigenvalue weighted by atomic mass is 19.1. The minimum absolute atomic E-state index is 0.0444. The molecule has 0 saturated heterocycles. The predicted octanol–water partition coefficient (Wildman–Crippen LogP) is 4.66. The van der Waals surface area contributed by atoms with Gasteiger partial charge in [0.25, 0.3) is 5.69 Å². The normalized spacial score (nSPS) is 11.8. The number of ether oxygens (including phenoxy) is 1. The summed E-state index contributed by atoms with van der Waals surface area (Å²) < 4.78 is 18.6. The standard InChI is InChI=1S/C22H21FN2O3/c1-28-21-10-8-17(9-11-21)22(18-5-3-7-20(15-18)25(26)27)24-13-12-16-4-2-6-19(23)14-16/h2-11,14-15,22,24H,12-13H2,1H3. The third kappa shape index (κ3) is 4.92. The van der Waals surface area contributed by atoms with E-state index in [1.54, 1.807) is 25.3 Å². The number of hydrogen-bond acceptors (Lipinski definition) is 4. The van der Waals surface area contributed by atoms with E-state index in [1.165, 1.54) is 18.2 Å². The van der Waals surface area contributed by atoms with Gasteiger partial charge in [-0.2, -0.15) is 0 Å². The van der Waals surface area contributed by atoms with E-state index < -0.39 is 4.92 Å². The summed E-state index contributed by atoms with van der Waals surface area (Å²) >= 11 is 0. The summed E-state index contributed by atoms with van der Waals surface area (Å²) in [6, 6.07) is 20.4. The van der Waals surface area contributed by atoms with Gasteiger partial charge in [-0.25, -0.2) is 4.39 Å². The first-order valence-corrected chi connectivity index (χ1v) is 8.93. The molecule has 0 aliphatic heterocycles. The van der Waals surface area contributed by atoms with Gasteiger partial charge in [-0.05, 0) is 47.4 Å². The molecule has 3 rings (SSSR count). The third-order valence-electron chi connectivity index (χ3n) is 4.51. The lowest BCUT2D eigenvalue weighted by atomic mass is 9.97. The van der Waals surface area contributed by atoms with E-state index in [4.69, 9.17) is 4.74 Å². The van der Waals surface area contributed by atoms with Gasteiger partial charge in [0.05, 0.1) is 18.1 Å². The molecule has 0 saturated carbocycles. The van der Waals surface area contributed by atoms with Crippen LogP contribution in [0.5, 0.6) is 5.75 Å². The van der Waals surface area contributed by atoms with Crippen molar-refractivity contribution in [1.82, 2.24) is 5.32 Å². The molecule has 5 nitrogen and oxygen atoms in total. The van der Waals surface area contributed by atoms with Crippen molar-refractivity contribution in [3.8, 4) is 5.75 Å². The summed E-state index contributed by atoms with van der Waals surface area (Å²) in [5, 5.41) is 14.6. The van der Waals surface area contributed by atoms with Crippen LogP contribution in [0, 0.1) is 15.9 Å². The number of nitro benzene ring substituents is 1. The van der Waals surface area contributed by atoms with Crippen molar-refractivity contribution in [2.24, 2.45) is 0 Å². The van der Waals surface area contributed by atoms with Crippen LogP contribution in [0.1, 0.15) is 22.7 Å². The maximum absolute atomic E-state index is 13.4. The molecule has 1 atom stereocenters. The van der Waals surface area contributed by atoms with Crippen molar-refractivity contribution in [1.29, 1.82) is 0 Å². The van der Waals surface area contributed by atoms with Gasteiger partial charge in [0.1, 0.15) is 11.6 Å². The highest BCUT2D eigenvalue weighted by Crippen LogP contribution is 2.26. The first-order valence-electron chi connectivity index (χ1n) is 8.93. The van der Waals surface area contributed by atoms with Crippen LogP contribution in [0.3, 0.4) is 0 Å². The van der Waals surface area contributed by atoms with E-state index >= 15 is 0 Å². The van der Waals surface area contributed by atoms with E-state index in [0.29, 0.717) is 13.0 Å². The molecule has 0 fully saturated rings. The van der Waals surface area contributed by atoms with E-state index in [-0.39, 0.29) is 17.5 Å². The molecule has 3 aromatic carbocycles. The lowest BCUT2D eigenvalue weighted by Crippen LogP contribution is -2.25. The van der Waals surface area contributed by atoms with Gasteiger partial charge in [-0.1, -0.05) is 36.4 Å². The van der Waals surface area contributed by atoms with Crippen LogP contribution in [0.2, 0.25) is 0 Å². The number of hydrogen-bond donors (Lipinski definition) is 1. The highest BCUT2D eigenvalue weighted by Gasteiger charge is 2.17. The fraction of sp³-hybridized carbons (Fsp3) is 0.182. The Morgan fingerprint density at radius 1 is 1.04 bits per heavy atom. The van der Waals surface area contributed by atoms with Gasteiger partial charge in [-0.3, -0.25) is 10.1 Å². The van der Waals surface area contributed by atoms with E-state index in [2.05, 4.69) is 5.32 Å². The molecule has 0 aliphatic rings. The molecule has 0 spiro atoms. The van der Waals surface area contributed by atoms with Gasteiger partial charge < -0.3 is 10.1 Å². The molecule has 0 aromatic heterocycles.